The fourth-order valence-corrected chi connectivity index (χ4v) is 6.17. The number of halogens is 1. The second-order valence-electron chi connectivity index (χ2n) is 10.4. The molecule has 5 aromatic rings. The number of pyridine rings is 1. The van der Waals surface area contributed by atoms with Crippen LogP contribution in [0.25, 0.3) is 20.7 Å². The highest BCUT2D eigenvalue weighted by Crippen LogP contribution is 2.40. The van der Waals surface area contributed by atoms with Crippen LogP contribution in [0.2, 0.25) is 0 Å². The number of thiophene rings is 1. The van der Waals surface area contributed by atoms with Crippen LogP contribution in [0.15, 0.2) is 91.1 Å². The third-order valence-electron chi connectivity index (χ3n) is 7.16. The number of aromatic nitrogens is 1. The van der Waals surface area contributed by atoms with Crippen LogP contribution in [0.4, 0.5) is 10.1 Å². The van der Waals surface area contributed by atoms with E-state index in [-0.39, 0.29) is 23.2 Å². The molecule has 3 aromatic carbocycles. The van der Waals surface area contributed by atoms with Crippen molar-refractivity contribution in [3.63, 3.8) is 0 Å². The number of hydrogen-bond acceptors (Lipinski definition) is 8. The predicted octanol–water partition coefficient (Wildman–Crippen LogP) is 6.66. The number of nitrogens with one attached hydrogen (secondary N) is 2. The van der Waals surface area contributed by atoms with Crippen molar-refractivity contribution in [3.05, 3.63) is 103 Å². The molecule has 1 saturated heterocycles. The van der Waals surface area contributed by atoms with Crippen molar-refractivity contribution in [2.75, 3.05) is 44.8 Å². The molecule has 0 bridgehead atoms. The van der Waals surface area contributed by atoms with Crippen molar-refractivity contribution in [2.45, 2.75) is 6.42 Å². The Morgan fingerprint density at radius 1 is 1.00 bits per heavy atom. The normalized spacial score (nSPS) is 13.4. The van der Waals surface area contributed by atoms with Gasteiger partial charge in [0.15, 0.2) is 16.7 Å². The van der Waals surface area contributed by atoms with Crippen LogP contribution in [-0.2, 0) is 16.0 Å². The second kappa shape index (κ2) is 14.6. The number of amides is 1. The molecule has 0 radical (unpaired) electrons. The Morgan fingerprint density at radius 3 is 2.58 bits per heavy atom. The number of rotatable bonds is 10. The van der Waals surface area contributed by atoms with Crippen LogP contribution in [0.1, 0.15) is 5.56 Å². The molecule has 6 rings (SSSR count). The van der Waals surface area contributed by atoms with E-state index in [1.54, 1.807) is 18.3 Å². The van der Waals surface area contributed by atoms with Gasteiger partial charge in [-0.1, -0.05) is 30.3 Å². The highest BCUT2D eigenvalue weighted by Gasteiger charge is 2.15. The fourth-order valence-electron chi connectivity index (χ4n) is 4.86. The van der Waals surface area contributed by atoms with Gasteiger partial charge < -0.3 is 24.8 Å². The summed E-state index contributed by atoms with van der Waals surface area (Å²) in [6.07, 6.45) is 1.83. The van der Waals surface area contributed by atoms with Crippen molar-refractivity contribution in [1.82, 2.24) is 15.2 Å². The lowest BCUT2D eigenvalue weighted by atomic mass is 10.1. The smallest absolute Gasteiger partial charge is 0.230 e. The number of anilines is 1. The Hall–Kier alpha value is -4.42. The van der Waals surface area contributed by atoms with E-state index in [4.69, 9.17) is 26.4 Å². The third kappa shape index (κ3) is 8.20. The number of carbonyl (C=O) groups excluding carboxylic acids is 1. The van der Waals surface area contributed by atoms with E-state index < -0.39 is 5.82 Å². The molecule has 1 fully saturated rings. The first-order chi connectivity index (χ1) is 22.0. The molecule has 3 heterocycles. The Bertz CT molecular complexity index is 1780. The van der Waals surface area contributed by atoms with Crippen molar-refractivity contribution in [2.24, 2.45) is 0 Å². The standard InChI is InChI=1S/C34H31FN4O4S2/c35-27-21-25(37-34(44)38-32(40)20-23-4-2-1-3-5-23)8-11-29(27)43-30-12-13-36-28-22-31(45-33(28)30)24-6-9-26(10-7-24)42-19-16-39-14-17-41-18-15-39/h1-13,21-22H,14-20H2,(H2,37,38,40,44). The Balaban J connectivity index is 1.07. The molecular weight excluding hydrogens is 612 g/mol. The first kappa shape index (κ1) is 30.6. The van der Waals surface area contributed by atoms with Crippen LogP contribution >= 0.6 is 23.6 Å². The maximum Gasteiger partial charge on any atom is 0.230 e. The van der Waals surface area contributed by atoms with Crippen LogP contribution in [0, 0.1) is 5.82 Å². The number of fused-ring (bicyclic) bond motifs is 1. The topological polar surface area (TPSA) is 85.0 Å². The van der Waals surface area contributed by atoms with Crippen LogP contribution in [0.3, 0.4) is 0 Å². The van der Waals surface area contributed by atoms with Gasteiger partial charge in [0, 0.05) is 48.5 Å². The number of hydrogen-bond donors (Lipinski definition) is 2. The number of nitrogens with zero attached hydrogens (tertiary/aromatic N) is 2. The molecule has 0 saturated carbocycles. The van der Waals surface area contributed by atoms with Gasteiger partial charge in [0.25, 0.3) is 0 Å². The summed E-state index contributed by atoms with van der Waals surface area (Å²) in [5, 5.41) is 5.55. The maximum absolute atomic E-state index is 15.1. The number of benzene rings is 3. The molecular formula is C34H31FN4O4S2. The zero-order valence-electron chi connectivity index (χ0n) is 24.3. The molecule has 11 heteroatoms. The second-order valence-corrected chi connectivity index (χ2v) is 11.8. The van der Waals surface area contributed by atoms with E-state index >= 15 is 4.39 Å². The average molecular weight is 643 g/mol. The van der Waals surface area contributed by atoms with Crippen molar-refractivity contribution < 1.29 is 23.4 Å². The van der Waals surface area contributed by atoms with Crippen molar-refractivity contribution >= 4 is 50.5 Å². The minimum absolute atomic E-state index is 0.0561. The zero-order chi connectivity index (χ0) is 31.0. The first-order valence-corrected chi connectivity index (χ1v) is 15.8. The lowest BCUT2D eigenvalue weighted by Crippen LogP contribution is -2.38. The molecule has 0 unspecified atom stereocenters. The number of morpholine rings is 1. The van der Waals surface area contributed by atoms with E-state index in [0.29, 0.717) is 18.0 Å². The highest BCUT2D eigenvalue weighted by atomic mass is 32.1. The lowest BCUT2D eigenvalue weighted by molar-refractivity contribution is -0.119. The van der Waals surface area contributed by atoms with Crippen molar-refractivity contribution in [1.29, 1.82) is 0 Å². The van der Waals surface area contributed by atoms with Gasteiger partial charge in [-0.15, -0.1) is 11.3 Å². The van der Waals surface area contributed by atoms with Gasteiger partial charge in [0.2, 0.25) is 5.91 Å². The first-order valence-electron chi connectivity index (χ1n) is 14.5. The van der Waals surface area contributed by atoms with Gasteiger partial charge in [-0.3, -0.25) is 14.7 Å². The van der Waals surface area contributed by atoms with E-state index in [2.05, 4.69) is 20.5 Å². The molecule has 0 spiro atoms. The Kier molecular flexibility index (Phi) is 9.91. The van der Waals surface area contributed by atoms with Crippen LogP contribution in [0.5, 0.6) is 17.2 Å². The summed E-state index contributed by atoms with van der Waals surface area (Å²) in [4.78, 5) is 20.1. The molecule has 1 aliphatic heterocycles. The summed E-state index contributed by atoms with van der Waals surface area (Å²) < 4.78 is 33.3. The molecule has 8 nitrogen and oxygen atoms in total. The predicted molar refractivity (Wildman–Crippen MR) is 179 cm³/mol. The molecule has 0 aliphatic carbocycles. The monoisotopic (exact) mass is 642 g/mol. The summed E-state index contributed by atoms with van der Waals surface area (Å²) >= 11 is 6.76. The minimum atomic E-state index is -0.579. The van der Waals surface area contributed by atoms with Gasteiger partial charge in [-0.25, -0.2) is 4.39 Å². The summed E-state index contributed by atoms with van der Waals surface area (Å²) in [6, 6.07) is 25.5. The zero-order valence-corrected chi connectivity index (χ0v) is 26.0. The van der Waals surface area contributed by atoms with Crippen LogP contribution in [-0.4, -0.2) is 60.4 Å². The molecule has 45 heavy (non-hydrogen) atoms. The molecule has 1 amide bonds. The summed E-state index contributed by atoms with van der Waals surface area (Å²) in [7, 11) is 0. The van der Waals surface area contributed by atoms with E-state index in [0.717, 1.165) is 64.8 Å². The van der Waals surface area contributed by atoms with Gasteiger partial charge in [-0.2, -0.15) is 0 Å². The highest BCUT2D eigenvalue weighted by molar-refractivity contribution is 7.80. The number of carbonyl (C=O) groups is 1. The van der Waals surface area contributed by atoms with Gasteiger partial charge in [-0.05, 0) is 65.8 Å². The largest absolute Gasteiger partial charge is 0.492 e. The Morgan fingerprint density at radius 2 is 1.80 bits per heavy atom. The summed E-state index contributed by atoms with van der Waals surface area (Å²) in [6.45, 7) is 4.92. The van der Waals surface area contributed by atoms with E-state index in [1.807, 2.05) is 60.7 Å². The van der Waals surface area contributed by atoms with Gasteiger partial charge >= 0.3 is 0 Å². The molecule has 230 valence electrons. The number of ether oxygens (including phenoxy) is 3. The third-order valence-corrected chi connectivity index (χ3v) is 8.56. The minimum Gasteiger partial charge on any atom is -0.492 e. The van der Waals surface area contributed by atoms with Crippen molar-refractivity contribution in [3.8, 4) is 27.7 Å². The summed E-state index contributed by atoms with van der Waals surface area (Å²) in [5.41, 5.74) is 3.04. The van der Waals surface area contributed by atoms with Crippen LogP contribution < -0.4 is 20.1 Å². The van der Waals surface area contributed by atoms with Gasteiger partial charge in [0.05, 0.1) is 29.9 Å². The lowest BCUT2D eigenvalue weighted by Gasteiger charge is -2.26. The summed E-state index contributed by atoms with van der Waals surface area (Å²) in [5.74, 6) is 0.534. The molecule has 2 aromatic heterocycles. The quantitative estimate of drug-likeness (QED) is 0.164. The molecule has 2 N–H and O–H groups in total. The Labute approximate surface area is 269 Å². The van der Waals surface area contributed by atoms with Gasteiger partial charge in [0.1, 0.15) is 18.1 Å². The average Bonchev–Trinajstić information content (AvgIpc) is 3.49. The maximum atomic E-state index is 15.1. The molecule has 1 aliphatic rings. The molecule has 0 atom stereocenters. The number of thiocarbonyl (C=S) groups is 1. The fraction of sp³-hybridized carbons (Fsp3) is 0.206. The van der Waals surface area contributed by atoms with E-state index in [9.17, 15) is 4.79 Å². The van der Waals surface area contributed by atoms with E-state index in [1.165, 1.54) is 23.5 Å². The SMILES string of the molecule is O=C(Cc1ccccc1)NC(=S)Nc1ccc(Oc2ccnc3cc(-c4ccc(OCCN5CCOCC5)cc4)sc23)c(F)c1.